The standard InChI is InChI=1S/C17H16ClNO3/c18-16(22)17-8-6-10(7-9-17)12-13(17)15(21)19(14(12)20)11-4-2-1-3-5-11/h1-5,10,12-13H,6-9H2/t10?,12-,13+,17?/m0/s1. The molecule has 3 saturated carbocycles. The molecule has 2 bridgehead atoms. The third-order valence-corrected chi connectivity index (χ3v) is 6.16. The highest BCUT2D eigenvalue weighted by Crippen LogP contribution is 2.61. The molecule has 1 heterocycles. The molecule has 0 unspecified atom stereocenters. The Labute approximate surface area is 133 Å². The summed E-state index contributed by atoms with van der Waals surface area (Å²) in [7, 11) is 0. The largest absolute Gasteiger partial charge is 0.281 e. The quantitative estimate of drug-likeness (QED) is 0.622. The van der Waals surface area contributed by atoms with Gasteiger partial charge in [0.1, 0.15) is 0 Å². The maximum Gasteiger partial charge on any atom is 0.238 e. The number of fused-ring (bicyclic) bond motifs is 2. The minimum absolute atomic E-state index is 0.159. The summed E-state index contributed by atoms with van der Waals surface area (Å²) in [6.45, 7) is 0. The second-order valence-corrected chi connectivity index (χ2v) is 6.96. The van der Waals surface area contributed by atoms with Crippen molar-refractivity contribution in [3.8, 4) is 0 Å². The zero-order valence-corrected chi connectivity index (χ0v) is 12.8. The van der Waals surface area contributed by atoms with Crippen molar-refractivity contribution in [2.45, 2.75) is 25.7 Å². The summed E-state index contributed by atoms with van der Waals surface area (Å²) < 4.78 is 0. The van der Waals surface area contributed by atoms with Gasteiger partial charge in [-0.15, -0.1) is 0 Å². The Hall–Kier alpha value is -1.68. The Morgan fingerprint density at radius 1 is 1.09 bits per heavy atom. The predicted molar refractivity (Wildman–Crippen MR) is 81.2 cm³/mol. The lowest BCUT2D eigenvalue weighted by atomic mass is 9.51. The lowest BCUT2D eigenvalue weighted by Gasteiger charge is -2.49. The fourth-order valence-electron chi connectivity index (χ4n) is 4.72. The SMILES string of the molecule is O=C1[C@H]2C3CCC(C(=O)Cl)(CC3)[C@H]2C(=O)N1c1ccccc1. The third kappa shape index (κ3) is 1.62. The molecule has 0 aromatic heterocycles. The van der Waals surface area contributed by atoms with Gasteiger partial charge >= 0.3 is 0 Å². The highest BCUT2D eigenvalue weighted by Gasteiger charge is 2.66. The van der Waals surface area contributed by atoms with Crippen LogP contribution in [0.3, 0.4) is 0 Å². The molecule has 4 fully saturated rings. The van der Waals surface area contributed by atoms with Crippen molar-refractivity contribution < 1.29 is 14.4 Å². The summed E-state index contributed by atoms with van der Waals surface area (Å²) in [5, 5.41) is -0.447. The number of amides is 2. The van der Waals surface area contributed by atoms with Gasteiger partial charge < -0.3 is 0 Å². The van der Waals surface area contributed by atoms with Gasteiger partial charge in [-0.05, 0) is 55.3 Å². The second kappa shape index (κ2) is 4.66. The summed E-state index contributed by atoms with van der Waals surface area (Å²) >= 11 is 5.89. The van der Waals surface area contributed by atoms with E-state index in [4.69, 9.17) is 11.6 Å². The van der Waals surface area contributed by atoms with E-state index in [1.807, 2.05) is 6.07 Å². The molecule has 5 rings (SSSR count). The first-order chi connectivity index (χ1) is 10.6. The average molecular weight is 318 g/mol. The summed E-state index contributed by atoms with van der Waals surface area (Å²) in [6.07, 6.45) is 2.87. The van der Waals surface area contributed by atoms with E-state index < -0.39 is 16.6 Å². The maximum absolute atomic E-state index is 12.9. The fourth-order valence-corrected chi connectivity index (χ4v) is 5.03. The van der Waals surface area contributed by atoms with Crippen molar-refractivity contribution in [3.63, 3.8) is 0 Å². The van der Waals surface area contributed by atoms with E-state index in [9.17, 15) is 14.4 Å². The number of benzene rings is 1. The third-order valence-electron chi connectivity index (χ3n) is 5.78. The first-order valence-corrected chi connectivity index (χ1v) is 8.07. The average Bonchev–Trinajstić information content (AvgIpc) is 2.83. The van der Waals surface area contributed by atoms with Crippen molar-refractivity contribution in [1.82, 2.24) is 0 Å². The smallest absolute Gasteiger partial charge is 0.238 e. The minimum Gasteiger partial charge on any atom is -0.281 e. The lowest BCUT2D eigenvalue weighted by Crippen LogP contribution is -2.52. The van der Waals surface area contributed by atoms with Crippen molar-refractivity contribution in [3.05, 3.63) is 30.3 Å². The van der Waals surface area contributed by atoms with Gasteiger partial charge in [0.05, 0.1) is 22.9 Å². The van der Waals surface area contributed by atoms with Gasteiger partial charge in [0.15, 0.2) is 0 Å². The number of imide groups is 1. The molecular weight excluding hydrogens is 302 g/mol. The van der Waals surface area contributed by atoms with E-state index in [0.29, 0.717) is 18.5 Å². The van der Waals surface area contributed by atoms with Crippen LogP contribution in [0.25, 0.3) is 0 Å². The predicted octanol–water partition coefficient (Wildman–Crippen LogP) is 2.75. The number of hydrogen-bond donors (Lipinski definition) is 0. The van der Waals surface area contributed by atoms with E-state index in [1.165, 1.54) is 4.90 Å². The molecular formula is C17H16ClNO3. The molecule has 2 atom stereocenters. The van der Waals surface area contributed by atoms with Gasteiger partial charge in [0.25, 0.3) is 0 Å². The van der Waals surface area contributed by atoms with Crippen LogP contribution in [-0.2, 0) is 14.4 Å². The Kier molecular flexibility index (Phi) is 2.95. The van der Waals surface area contributed by atoms with Crippen molar-refractivity contribution in [1.29, 1.82) is 0 Å². The van der Waals surface area contributed by atoms with Crippen molar-refractivity contribution >= 4 is 34.3 Å². The number of para-hydroxylation sites is 1. The topological polar surface area (TPSA) is 54.5 Å². The highest BCUT2D eigenvalue weighted by molar-refractivity contribution is 6.65. The number of anilines is 1. The number of carbonyl (C=O) groups is 3. The van der Waals surface area contributed by atoms with Gasteiger partial charge in [-0.25, -0.2) is 0 Å². The van der Waals surface area contributed by atoms with Crippen LogP contribution in [0.15, 0.2) is 30.3 Å². The Morgan fingerprint density at radius 2 is 1.73 bits per heavy atom. The van der Waals surface area contributed by atoms with Crippen molar-refractivity contribution in [2.75, 3.05) is 4.90 Å². The molecule has 1 aliphatic heterocycles. The van der Waals surface area contributed by atoms with Crippen LogP contribution >= 0.6 is 11.6 Å². The second-order valence-electron chi connectivity index (χ2n) is 6.62. The Bertz CT molecular complexity index is 664. The number of hydrogen-bond acceptors (Lipinski definition) is 3. The Balaban J connectivity index is 1.82. The molecule has 0 radical (unpaired) electrons. The van der Waals surface area contributed by atoms with E-state index in [2.05, 4.69) is 0 Å². The first-order valence-electron chi connectivity index (χ1n) is 7.69. The van der Waals surface area contributed by atoms with Crippen LogP contribution in [0.1, 0.15) is 25.7 Å². The van der Waals surface area contributed by atoms with Crippen LogP contribution in [0.2, 0.25) is 0 Å². The fraction of sp³-hybridized carbons (Fsp3) is 0.471. The summed E-state index contributed by atoms with van der Waals surface area (Å²) in [5.74, 6) is -1.16. The first kappa shape index (κ1) is 13.9. The summed E-state index contributed by atoms with van der Waals surface area (Å²) in [5.41, 5.74) is -0.250. The molecule has 22 heavy (non-hydrogen) atoms. The van der Waals surface area contributed by atoms with Crippen molar-refractivity contribution in [2.24, 2.45) is 23.2 Å². The molecule has 114 valence electrons. The molecule has 5 heteroatoms. The summed E-state index contributed by atoms with van der Waals surface area (Å²) in [6, 6.07) is 8.95. The molecule has 4 nitrogen and oxygen atoms in total. The normalized spacial score (nSPS) is 36.6. The van der Waals surface area contributed by atoms with E-state index in [-0.39, 0.29) is 23.7 Å². The minimum atomic E-state index is -0.836. The monoisotopic (exact) mass is 317 g/mol. The molecule has 1 aromatic rings. The lowest BCUT2D eigenvalue weighted by molar-refractivity contribution is -0.148. The van der Waals surface area contributed by atoms with E-state index in [0.717, 1.165) is 12.8 Å². The van der Waals surface area contributed by atoms with Gasteiger partial charge in [-0.3, -0.25) is 19.3 Å². The zero-order chi connectivity index (χ0) is 15.5. The molecule has 4 aliphatic rings. The van der Waals surface area contributed by atoms with Gasteiger partial charge in [0.2, 0.25) is 17.1 Å². The van der Waals surface area contributed by atoms with Crippen LogP contribution in [-0.4, -0.2) is 17.1 Å². The number of halogens is 1. The molecule has 2 amide bonds. The molecule has 1 aromatic carbocycles. The molecule has 0 spiro atoms. The van der Waals surface area contributed by atoms with Crippen LogP contribution in [0, 0.1) is 23.2 Å². The van der Waals surface area contributed by atoms with E-state index in [1.54, 1.807) is 24.3 Å². The van der Waals surface area contributed by atoms with Gasteiger partial charge in [-0.1, -0.05) is 18.2 Å². The van der Waals surface area contributed by atoms with Crippen LogP contribution in [0.5, 0.6) is 0 Å². The molecule has 0 N–H and O–H groups in total. The number of rotatable bonds is 2. The zero-order valence-electron chi connectivity index (χ0n) is 12.0. The Morgan fingerprint density at radius 3 is 2.32 bits per heavy atom. The van der Waals surface area contributed by atoms with Crippen LogP contribution in [0.4, 0.5) is 5.69 Å². The maximum atomic E-state index is 12.9. The summed E-state index contributed by atoms with van der Waals surface area (Å²) in [4.78, 5) is 39.2. The number of nitrogens with zero attached hydrogens (tertiary/aromatic N) is 1. The molecule has 1 saturated heterocycles. The van der Waals surface area contributed by atoms with Gasteiger partial charge in [0, 0.05) is 0 Å². The molecule has 3 aliphatic carbocycles. The highest BCUT2D eigenvalue weighted by atomic mass is 35.5. The van der Waals surface area contributed by atoms with E-state index >= 15 is 0 Å². The number of carbonyl (C=O) groups excluding carboxylic acids is 3. The van der Waals surface area contributed by atoms with Gasteiger partial charge in [-0.2, -0.15) is 0 Å². The van der Waals surface area contributed by atoms with Crippen LogP contribution < -0.4 is 4.90 Å².